The predicted molar refractivity (Wildman–Crippen MR) is 96.0 cm³/mol. The fourth-order valence-electron chi connectivity index (χ4n) is 2.70. The quantitative estimate of drug-likeness (QED) is 0.621. The molecule has 0 saturated heterocycles. The molecule has 9 heteroatoms. The van der Waals surface area contributed by atoms with Crippen LogP contribution in [-0.2, 0) is 12.6 Å². The van der Waals surface area contributed by atoms with E-state index in [4.69, 9.17) is 11.6 Å². The van der Waals surface area contributed by atoms with Gasteiger partial charge in [-0.2, -0.15) is 18.3 Å². The van der Waals surface area contributed by atoms with Crippen LogP contribution in [0.25, 0.3) is 5.69 Å². The molecular formula is C19H14ClF4N3O. The Kier molecular flexibility index (Phi) is 5.69. The fourth-order valence-corrected chi connectivity index (χ4v) is 2.91. The Balaban J connectivity index is 1.83. The van der Waals surface area contributed by atoms with Crippen LogP contribution in [0.15, 0.2) is 54.7 Å². The highest BCUT2D eigenvalue weighted by molar-refractivity contribution is 6.30. The van der Waals surface area contributed by atoms with Crippen LogP contribution in [0.2, 0.25) is 5.02 Å². The van der Waals surface area contributed by atoms with Crippen molar-refractivity contribution in [2.45, 2.75) is 12.6 Å². The van der Waals surface area contributed by atoms with E-state index < -0.39 is 34.8 Å². The SMILES string of the molecule is O=C(NCCc1cccc(Cl)c1)c1cnn(-c2ccccc2F)c1C(F)(F)F. The summed E-state index contributed by atoms with van der Waals surface area (Å²) in [5, 5.41) is 6.54. The normalized spacial score (nSPS) is 11.5. The van der Waals surface area contributed by atoms with Gasteiger partial charge in [-0.1, -0.05) is 35.9 Å². The standard InChI is InChI=1S/C19H14ClF4N3O/c20-13-5-3-4-12(10-13)8-9-25-18(28)14-11-26-27(17(14)19(22,23)24)16-7-2-1-6-15(16)21/h1-7,10-11H,8-9H2,(H,25,28). The van der Waals surface area contributed by atoms with Gasteiger partial charge in [0, 0.05) is 11.6 Å². The smallest absolute Gasteiger partial charge is 0.352 e. The highest BCUT2D eigenvalue weighted by Gasteiger charge is 2.40. The molecule has 0 aliphatic carbocycles. The first-order valence-electron chi connectivity index (χ1n) is 8.20. The van der Waals surface area contributed by atoms with E-state index in [2.05, 4.69) is 10.4 Å². The van der Waals surface area contributed by atoms with Crippen molar-refractivity contribution in [3.05, 3.63) is 82.4 Å². The van der Waals surface area contributed by atoms with Crippen LogP contribution in [0.4, 0.5) is 17.6 Å². The minimum atomic E-state index is -4.90. The lowest BCUT2D eigenvalue weighted by atomic mass is 10.1. The molecule has 0 fully saturated rings. The summed E-state index contributed by atoms with van der Waals surface area (Å²) in [7, 11) is 0. The number of nitrogens with one attached hydrogen (secondary N) is 1. The molecular weight excluding hydrogens is 398 g/mol. The first kappa shape index (κ1) is 19.9. The van der Waals surface area contributed by atoms with Gasteiger partial charge in [0.25, 0.3) is 5.91 Å². The maximum atomic E-state index is 13.9. The van der Waals surface area contributed by atoms with Gasteiger partial charge in [-0.15, -0.1) is 0 Å². The lowest BCUT2D eigenvalue weighted by Gasteiger charge is -2.13. The van der Waals surface area contributed by atoms with Gasteiger partial charge in [-0.05, 0) is 36.2 Å². The van der Waals surface area contributed by atoms with Crippen molar-refractivity contribution < 1.29 is 22.4 Å². The van der Waals surface area contributed by atoms with E-state index in [-0.39, 0.29) is 6.54 Å². The van der Waals surface area contributed by atoms with E-state index >= 15 is 0 Å². The van der Waals surface area contributed by atoms with Gasteiger partial charge in [-0.25, -0.2) is 9.07 Å². The summed E-state index contributed by atoms with van der Waals surface area (Å²) in [6.07, 6.45) is -3.74. The highest BCUT2D eigenvalue weighted by atomic mass is 35.5. The van der Waals surface area contributed by atoms with Gasteiger partial charge in [0.05, 0.1) is 11.8 Å². The number of amides is 1. The van der Waals surface area contributed by atoms with Gasteiger partial charge < -0.3 is 5.32 Å². The first-order valence-corrected chi connectivity index (χ1v) is 8.58. The number of halogens is 5. The van der Waals surface area contributed by atoms with E-state index in [0.717, 1.165) is 23.9 Å². The van der Waals surface area contributed by atoms with Gasteiger partial charge in [0.1, 0.15) is 11.5 Å². The first-order chi connectivity index (χ1) is 13.3. The Bertz CT molecular complexity index is 1000. The van der Waals surface area contributed by atoms with Crippen LogP contribution >= 0.6 is 11.6 Å². The molecule has 3 rings (SSSR count). The maximum absolute atomic E-state index is 13.9. The summed E-state index contributed by atoms with van der Waals surface area (Å²) in [5.74, 6) is -1.83. The van der Waals surface area contributed by atoms with Crippen molar-refractivity contribution in [3.8, 4) is 5.69 Å². The molecule has 1 amide bonds. The van der Waals surface area contributed by atoms with Gasteiger partial charge in [0.15, 0.2) is 5.69 Å². The molecule has 0 atom stereocenters. The number of hydrogen-bond acceptors (Lipinski definition) is 2. The molecule has 0 bridgehead atoms. The summed E-state index contributed by atoms with van der Waals surface area (Å²) >= 11 is 5.87. The molecule has 4 nitrogen and oxygen atoms in total. The molecule has 0 spiro atoms. The van der Waals surface area contributed by atoms with E-state index in [1.54, 1.807) is 24.3 Å². The molecule has 3 aromatic rings. The van der Waals surface area contributed by atoms with Crippen LogP contribution in [-0.4, -0.2) is 22.2 Å². The third kappa shape index (κ3) is 4.33. The molecule has 0 unspecified atom stereocenters. The van der Waals surface area contributed by atoms with Crippen molar-refractivity contribution in [2.24, 2.45) is 0 Å². The molecule has 28 heavy (non-hydrogen) atoms. The van der Waals surface area contributed by atoms with Crippen LogP contribution in [0, 0.1) is 5.82 Å². The number of para-hydroxylation sites is 1. The lowest BCUT2D eigenvalue weighted by molar-refractivity contribution is -0.143. The highest BCUT2D eigenvalue weighted by Crippen LogP contribution is 2.34. The molecule has 2 aromatic carbocycles. The number of rotatable bonds is 5. The molecule has 1 heterocycles. The Morgan fingerprint density at radius 1 is 1.14 bits per heavy atom. The number of benzene rings is 2. The monoisotopic (exact) mass is 411 g/mol. The molecule has 0 aliphatic rings. The number of carbonyl (C=O) groups excluding carboxylic acids is 1. The van der Waals surface area contributed by atoms with Gasteiger partial charge >= 0.3 is 6.18 Å². The second-order valence-electron chi connectivity index (χ2n) is 5.90. The molecule has 0 aliphatic heterocycles. The van der Waals surface area contributed by atoms with Crippen molar-refractivity contribution in [2.75, 3.05) is 6.54 Å². The topological polar surface area (TPSA) is 46.9 Å². The van der Waals surface area contributed by atoms with Crippen molar-refractivity contribution in [1.29, 1.82) is 0 Å². The van der Waals surface area contributed by atoms with Crippen LogP contribution < -0.4 is 5.32 Å². The number of aromatic nitrogens is 2. The van der Waals surface area contributed by atoms with Crippen molar-refractivity contribution in [1.82, 2.24) is 15.1 Å². The van der Waals surface area contributed by atoms with Crippen molar-refractivity contribution in [3.63, 3.8) is 0 Å². The average molecular weight is 412 g/mol. The number of hydrogen-bond donors (Lipinski definition) is 1. The summed E-state index contributed by atoms with van der Waals surface area (Å²) in [5.41, 5.74) is -1.58. The Morgan fingerprint density at radius 3 is 2.57 bits per heavy atom. The molecule has 146 valence electrons. The predicted octanol–water partition coefficient (Wildman–Crippen LogP) is 4.66. The van der Waals surface area contributed by atoms with E-state index in [1.807, 2.05) is 0 Å². The van der Waals surface area contributed by atoms with Gasteiger partial charge in [0.2, 0.25) is 0 Å². The van der Waals surface area contributed by atoms with E-state index in [9.17, 15) is 22.4 Å². The molecule has 0 radical (unpaired) electrons. The van der Waals surface area contributed by atoms with Crippen LogP contribution in [0.3, 0.4) is 0 Å². The van der Waals surface area contributed by atoms with E-state index in [0.29, 0.717) is 16.1 Å². The zero-order chi connectivity index (χ0) is 20.3. The third-order valence-electron chi connectivity index (χ3n) is 3.95. The number of carbonyl (C=O) groups is 1. The number of nitrogens with zero attached hydrogens (tertiary/aromatic N) is 2. The van der Waals surface area contributed by atoms with Crippen LogP contribution in [0.5, 0.6) is 0 Å². The summed E-state index contributed by atoms with van der Waals surface area (Å²) in [4.78, 5) is 12.3. The zero-order valence-electron chi connectivity index (χ0n) is 14.3. The molecule has 0 saturated carbocycles. The zero-order valence-corrected chi connectivity index (χ0v) is 15.1. The third-order valence-corrected chi connectivity index (χ3v) is 4.19. The lowest BCUT2D eigenvalue weighted by Crippen LogP contribution is -2.28. The van der Waals surface area contributed by atoms with Gasteiger partial charge in [-0.3, -0.25) is 4.79 Å². The maximum Gasteiger partial charge on any atom is 0.434 e. The van der Waals surface area contributed by atoms with Crippen molar-refractivity contribution >= 4 is 17.5 Å². The molecule has 1 aromatic heterocycles. The summed E-state index contributed by atoms with van der Waals surface area (Å²) in [6.45, 7) is 0.0986. The second kappa shape index (κ2) is 8.02. The Hall–Kier alpha value is -2.87. The minimum Gasteiger partial charge on any atom is -0.352 e. The van der Waals surface area contributed by atoms with E-state index in [1.165, 1.54) is 12.1 Å². The largest absolute Gasteiger partial charge is 0.434 e. The average Bonchev–Trinajstić information content (AvgIpc) is 3.07. The Morgan fingerprint density at radius 2 is 1.89 bits per heavy atom. The minimum absolute atomic E-state index is 0.0986. The fraction of sp³-hybridized carbons (Fsp3) is 0.158. The Labute approximate surface area is 162 Å². The number of alkyl halides is 3. The van der Waals surface area contributed by atoms with Crippen LogP contribution in [0.1, 0.15) is 21.6 Å². The summed E-state index contributed by atoms with van der Waals surface area (Å²) in [6, 6.07) is 11.8. The summed E-state index contributed by atoms with van der Waals surface area (Å²) < 4.78 is 55.0. The molecule has 1 N–H and O–H groups in total. The second-order valence-corrected chi connectivity index (χ2v) is 6.34.